The van der Waals surface area contributed by atoms with E-state index in [0.717, 1.165) is 30.1 Å². The lowest BCUT2D eigenvalue weighted by molar-refractivity contribution is 0.427. The van der Waals surface area contributed by atoms with Crippen molar-refractivity contribution in [3.05, 3.63) is 71.0 Å². The molecule has 1 aromatic carbocycles. The van der Waals surface area contributed by atoms with E-state index in [4.69, 9.17) is 0 Å². The monoisotopic (exact) mass is 503 g/mol. The van der Waals surface area contributed by atoms with E-state index in [1.807, 2.05) is 0 Å². The van der Waals surface area contributed by atoms with Gasteiger partial charge in [0.25, 0.3) is 10.0 Å². The normalized spacial score (nSPS) is 15.7. The molecule has 1 aliphatic heterocycles. The van der Waals surface area contributed by atoms with E-state index >= 15 is 4.39 Å². The van der Waals surface area contributed by atoms with E-state index in [2.05, 4.69) is 29.9 Å². The zero-order valence-electron chi connectivity index (χ0n) is 18.7. The second-order valence-electron chi connectivity index (χ2n) is 8.35. The number of sulfonamides is 1. The number of benzene rings is 1. The lowest BCUT2D eigenvalue weighted by Crippen LogP contribution is -2.22. The first-order valence-corrected chi connectivity index (χ1v) is 12.2. The van der Waals surface area contributed by atoms with Crippen LogP contribution < -0.4 is 4.72 Å². The van der Waals surface area contributed by atoms with E-state index in [0.29, 0.717) is 30.2 Å². The Morgan fingerprint density at radius 1 is 1.14 bits per heavy atom. The molecule has 0 amide bonds. The molecule has 13 heteroatoms. The molecule has 0 saturated heterocycles. The van der Waals surface area contributed by atoms with Gasteiger partial charge in [-0.15, -0.1) is 10.2 Å². The Balaban J connectivity index is 1.45. The van der Waals surface area contributed by atoms with Crippen molar-refractivity contribution in [3.63, 3.8) is 0 Å². The van der Waals surface area contributed by atoms with Crippen LogP contribution in [0.1, 0.15) is 35.1 Å². The van der Waals surface area contributed by atoms with Gasteiger partial charge >= 0.3 is 0 Å². The number of H-pyrrole nitrogens is 1. The van der Waals surface area contributed by atoms with Crippen LogP contribution in [-0.2, 0) is 23.0 Å². The van der Waals surface area contributed by atoms with E-state index in [1.54, 1.807) is 17.8 Å². The number of aromatic nitrogens is 6. The molecule has 0 radical (unpaired) electrons. The second-order valence-corrected chi connectivity index (χ2v) is 10.0. The first-order chi connectivity index (χ1) is 16.6. The molecule has 3 aromatic heterocycles. The SMILES string of the molecule is Cc1nnc(-c2ncn3c2CC[C@H](c2c(F)ccc(NS(=O)(=O)c4cc(F)cnc4C)c2F)C3)[nH]1. The molecule has 0 unspecified atom stereocenters. The van der Waals surface area contributed by atoms with Crippen molar-refractivity contribution in [1.82, 2.24) is 29.7 Å². The zero-order valence-corrected chi connectivity index (χ0v) is 19.5. The first kappa shape index (κ1) is 23.0. The van der Waals surface area contributed by atoms with E-state index in [-0.39, 0.29) is 17.8 Å². The number of imidazole rings is 1. The molecule has 0 fully saturated rings. The molecule has 1 aliphatic rings. The molecule has 4 heterocycles. The topological polar surface area (TPSA) is 118 Å². The van der Waals surface area contributed by atoms with Gasteiger partial charge in [0.1, 0.15) is 28.0 Å². The summed E-state index contributed by atoms with van der Waals surface area (Å²) < 4.78 is 73.4. The Bertz CT molecular complexity index is 1550. The number of hydrogen-bond acceptors (Lipinski definition) is 6. The van der Waals surface area contributed by atoms with Crippen LogP contribution in [0.5, 0.6) is 0 Å². The lowest BCUT2D eigenvalue weighted by Gasteiger charge is -2.26. The minimum absolute atomic E-state index is 0.0410. The Morgan fingerprint density at radius 2 is 1.94 bits per heavy atom. The predicted molar refractivity (Wildman–Crippen MR) is 120 cm³/mol. The summed E-state index contributed by atoms with van der Waals surface area (Å²) >= 11 is 0. The van der Waals surface area contributed by atoms with Gasteiger partial charge in [-0.05, 0) is 44.9 Å². The molecule has 5 rings (SSSR count). The third-order valence-electron chi connectivity index (χ3n) is 5.99. The van der Waals surface area contributed by atoms with Crippen LogP contribution in [0.25, 0.3) is 11.5 Å². The zero-order chi connectivity index (χ0) is 24.9. The second kappa shape index (κ2) is 8.48. The van der Waals surface area contributed by atoms with Crippen LogP contribution >= 0.6 is 0 Å². The maximum absolute atomic E-state index is 15.5. The minimum Gasteiger partial charge on any atom is -0.333 e. The molecule has 35 heavy (non-hydrogen) atoms. The maximum Gasteiger partial charge on any atom is 0.263 e. The molecule has 0 aliphatic carbocycles. The van der Waals surface area contributed by atoms with Gasteiger partial charge in [-0.1, -0.05) is 0 Å². The molecular weight excluding hydrogens is 483 g/mol. The van der Waals surface area contributed by atoms with Gasteiger partial charge in [0.05, 0.1) is 23.9 Å². The highest BCUT2D eigenvalue weighted by Crippen LogP contribution is 2.37. The number of nitrogens with one attached hydrogen (secondary N) is 2. The van der Waals surface area contributed by atoms with Crippen LogP contribution in [0.3, 0.4) is 0 Å². The quantitative estimate of drug-likeness (QED) is 0.429. The minimum atomic E-state index is -4.37. The summed E-state index contributed by atoms with van der Waals surface area (Å²) in [5, 5.41) is 8.00. The highest BCUT2D eigenvalue weighted by Gasteiger charge is 2.30. The van der Waals surface area contributed by atoms with Gasteiger partial charge in [-0.25, -0.2) is 26.6 Å². The van der Waals surface area contributed by atoms with Crippen molar-refractivity contribution in [3.8, 4) is 11.5 Å². The number of hydrogen-bond donors (Lipinski definition) is 2. The Morgan fingerprint density at radius 3 is 2.69 bits per heavy atom. The number of nitrogens with zero attached hydrogens (tertiary/aromatic N) is 5. The molecule has 0 bridgehead atoms. The van der Waals surface area contributed by atoms with Crippen LogP contribution in [0, 0.1) is 31.3 Å². The smallest absolute Gasteiger partial charge is 0.263 e. The fraction of sp³-hybridized carbons (Fsp3) is 0.273. The van der Waals surface area contributed by atoms with Gasteiger partial charge in [-0.2, -0.15) is 0 Å². The number of anilines is 1. The van der Waals surface area contributed by atoms with E-state index < -0.39 is 44.0 Å². The van der Waals surface area contributed by atoms with Gasteiger partial charge < -0.3 is 9.55 Å². The number of rotatable bonds is 5. The number of aryl methyl sites for hydroxylation is 2. The highest BCUT2D eigenvalue weighted by atomic mass is 32.2. The van der Waals surface area contributed by atoms with Crippen molar-refractivity contribution in [1.29, 1.82) is 0 Å². The summed E-state index contributed by atoms with van der Waals surface area (Å²) in [4.78, 5) is 10.7. The Hall–Kier alpha value is -3.74. The summed E-state index contributed by atoms with van der Waals surface area (Å²) in [5.74, 6) is -2.06. The summed E-state index contributed by atoms with van der Waals surface area (Å²) in [6, 6.07) is 2.81. The molecule has 182 valence electrons. The Kier molecular flexibility index (Phi) is 5.58. The molecule has 9 nitrogen and oxygen atoms in total. The summed E-state index contributed by atoms with van der Waals surface area (Å²) in [6.07, 6.45) is 3.34. The third kappa shape index (κ3) is 4.16. The van der Waals surface area contributed by atoms with Crippen LogP contribution in [-0.4, -0.2) is 38.1 Å². The molecular formula is C22H20F3N7O2S. The average Bonchev–Trinajstić information content (AvgIpc) is 3.43. The van der Waals surface area contributed by atoms with Crippen molar-refractivity contribution in [2.24, 2.45) is 0 Å². The van der Waals surface area contributed by atoms with E-state index in [9.17, 15) is 17.2 Å². The predicted octanol–water partition coefficient (Wildman–Crippen LogP) is 3.63. The van der Waals surface area contributed by atoms with Gasteiger partial charge in [0.15, 0.2) is 11.6 Å². The van der Waals surface area contributed by atoms with E-state index in [1.165, 1.54) is 6.92 Å². The standard InChI is InChI=1S/C22H20F3N7O2S/c1-11-18(7-14(23)8-26-11)35(33,34)31-16-5-4-15(24)19(20(16)25)13-3-6-17-21(27-10-32(17)9-13)22-28-12(2)29-30-22/h4-5,7-8,10,13,31H,3,6,9H2,1-2H3,(H,28,29,30)/t13-/m0/s1. The molecule has 4 aromatic rings. The molecule has 0 saturated carbocycles. The van der Waals surface area contributed by atoms with Crippen molar-refractivity contribution >= 4 is 15.7 Å². The largest absolute Gasteiger partial charge is 0.333 e. The highest BCUT2D eigenvalue weighted by molar-refractivity contribution is 7.92. The summed E-state index contributed by atoms with van der Waals surface area (Å²) in [5.41, 5.74) is 0.879. The number of pyridine rings is 1. The first-order valence-electron chi connectivity index (χ1n) is 10.7. The Labute approximate surface area is 198 Å². The summed E-state index contributed by atoms with van der Waals surface area (Å²) in [7, 11) is -4.37. The number of aromatic amines is 1. The van der Waals surface area contributed by atoms with Crippen LogP contribution in [0.2, 0.25) is 0 Å². The number of halogens is 3. The van der Waals surface area contributed by atoms with Crippen molar-refractivity contribution < 1.29 is 21.6 Å². The van der Waals surface area contributed by atoms with Crippen molar-refractivity contribution in [2.45, 2.75) is 44.0 Å². The molecule has 1 atom stereocenters. The van der Waals surface area contributed by atoms with Crippen LogP contribution in [0.15, 0.2) is 35.6 Å². The average molecular weight is 504 g/mol. The van der Waals surface area contributed by atoms with Gasteiger partial charge in [0, 0.05) is 23.7 Å². The van der Waals surface area contributed by atoms with Gasteiger partial charge in [0.2, 0.25) is 0 Å². The lowest BCUT2D eigenvalue weighted by atomic mass is 9.89. The maximum atomic E-state index is 15.5. The molecule has 2 N–H and O–H groups in total. The fourth-order valence-corrected chi connectivity index (χ4v) is 5.60. The molecule has 0 spiro atoms. The summed E-state index contributed by atoms with van der Waals surface area (Å²) in [6.45, 7) is 3.40. The third-order valence-corrected chi connectivity index (χ3v) is 7.47. The van der Waals surface area contributed by atoms with Crippen molar-refractivity contribution in [2.75, 3.05) is 4.72 Å². The fourth-order valence-electron chi connectivity index (χ4n) is 4.34. The number of fused-ring (bicyclic) bond motifs is 1. The van der Waals surface area contributed by atoms with Gasteiger partial charge in [-0.3, -0.25) is 9.71 Å². The van der Waals surface area contributed by atoms with Crippen LogP contribution in [0.4, 0.5) is 18.9 Å².